The Bertz CT molecular complexity index is 2140. The molecule has 15 heteroatoms. The molecule has 5 aromatic rings. The summed E-state index contributed by atoms with van der Waals surface area (Å²) < 4.78 is 37.9. The zero-order valence-electron chi connectivity index (χ0n) is 32.7. The molecule has 312 valence electrons. The third-order valence-electron chi connectivity index (χ3n) is 8.66. The fourth-order valence-electron chi connectivity index (χ4n) is 5.78. The van der Waals surface area contributed by atoms with Gasteiger partial charge in [0.05, 0.1) is 43.5 Å². The molecule has 5 aromatic carbocycles. The molecule has 1 amide bonds. The Balaban J connectivity index is 1.32. The van der Waals surface area contributed by atoms with Crippen molar-refractivity contribution in [3.8, 4) is 11.5 Å². The first kappa shape index (κ1) is 44.8. The van der Waals surface area contributed by atoms with Crippen molar-refractivity contribution >= 4 is 52.8 Å². The molecule has 60 heavy (non-hydrogen) atoms. The third-order valence-corrected chi connectivity index (χ3v) is 9.22. The highest BCUT2D eigenvalue weighted by Gasteiger charge is 2.27. The SMILES string of the molecule is COc1c(Cl)cc(C(NC(=O)COCCOCC(=O)OCC(=O)c2ccccc2)c2cc(Cl)c(OC)c(C(=O)OCc3ccccc3)c2)cc1C(=O)OCc1ccccc1. The van der Waals surface area contributed by atoms with E-state index < -0.39 is 49.7 Å². The first-order valence-corrected chi connectivity index (χ1v) is 19.2. The number of Topliss-reactive ketones (excluding diaryl/α,β-unsaturated/α-hetero) is 1. The zero-order valence-corrected chi connectivity index (χ0v) is 34.2. The topological polar surface area (TPSA) is 162 Å². The number of halogens is 2. The van der Waals surface area contributed by atoms with Gasteiger partial charge < -0.3 is 38.5 Å². The lowest BCUT2D eigenvalue weighted by atomic mass is 9.94. The van der Waals surface area contributed by atoms with Crippen LogP contribution in [0.4, 0.5) is 0 Å². The number of carbonyl (C=O) groups is 5. The number of esters is 3. The third kappa shape index (κ3) is 12.9. The zero-order chi connectivity index (χ0) is 42.9. The first-order valence-electron chi connectivity index (χ1n) is 18.4. The van der Waals surface area contributed by atoms with Gasteiger partial charge in [-0.05, 0) is 46.5 Å². The van der Waals surface area contributed by atoms with Crippen LogP contribution in [-0.4, -0.2) is 76.9 Å². The van der Waals surface area contributed by atoms with Crippen LogP contribution in [0.2, 0.25) is 10.0 Å². The number of nitrogens with one attached hydrogen (secondary N) is 1. The Hall–Kier alpha value is -6.25. The summed E-state index contributed by atoms with van der Waals surface area (Å²) in [5.41, 5.74) is 2.42. The van der Waals surface area contributed by atoms with Crippen LogP contribution >= 0.6 is 23.2 Å². The monoisotopic (exact) mass is 857 g/mol. The number of rotatable bonds is 21. The molecule has 5 rings (SSSR count). The Morgan fingerprint density at radius 2 is 1.02 bits per heavy atom. The smallest absolute Gasteiger partial charge is 0.342 e. The molecule has 0 spiro atoms. The molecule has 0 radical (unpaired) electrons. The molecule has 0 atom stereocenters. The van der Waals surface area contributed by atoms with Gasteiger partial charge >= 0.3 is 17.9 Å². The molecule has 0 aromatic heterocycles. The van der Waals surface area contributed by atoms with Gasteiger partial charge in [0.2, 0.25) is 5.91 Å². The highest BCUT2D eigenvalue weighted by molar-refractivity contribution is 6.33. The lowest BCUT2D eigenvalue weighted by molar-refractivity contribution is -0.148. The number of carbonyl (C=O) groups excluding carboxylic acids is 5. The van der Waals surface area contributed by atoms with Gasteiger partial charge in [-0.1, -0.05) is 114 Å². The van der Waals surface area contributed by atoms with Gasteiger partial charge in [-0.2, -0.15) is 0 Å². The van der Waals surface area contributed by atoms with Crippen molar-refractivity contribution in [3.05, 3.63) is 164 Å². The molecule has 0 fully saturated rings. The van der Waals surface area contributed by atoms with E-state index in [0.717, 1.165) is 11.1 Å². The summed E-state index contributed by atoms with van der Waals surface area (Å²) in [6.07, 6.45) is 0. The van der Waals surface area contributed by atoms with Crippen molar-refractivity contribution in [3.63, 3.8) is 0 Å². The second-order valence-corrected chi connectivity index (χ2v) is 13.7. The molecule has 0 saturated carbocycles. The predicted molar refractivity (Wildman–Crippen MR) is 220 cm³/mol. The van der Waals surface area contributed by atoms with E-state index in [1.807, 2.05) is 36.4 Å². The van der Waals surface area contributed by atoms with Crippen molar-refractivity contribution in [1.29, 1.82) is 0 Å². The fourth-order valence-corrected chi connectivity index (χ4v) is 6.39. The molecule has 13 nitrogen and oxygen atoms in total. The molecule has 1 N–H and O–H groups in total. The highest BCUT2D eigenvalue weighted by atomic mass is 35.5. The van der Waals surface area contributed by atoms with Gasteiger partial charge in [-0.15, -0.1) is 0 Å². The Morgan fingerprint density at radius 3 is 1.48 bits per heavy atom. The number of ketones is 1. The highest BCUT2D eigenvalue weighted by Crippen LogP contribution is 2.38. The van der Waals surface area contributed by atoms with Crippen LogP contribution in [0, 0.1) is 0 Å². The van der Waals surface area contributed by atoms with Crippen molar-refractivity contribution in [2.24, 2.45) is 0 Å². The molecule has 0 bridgehead atoms. The van der Waals surface area contributed by atoms with E-state index in [9.17, 15) is 24.0 Å². The number of methoxy groups -OCH3 is 2. The number of hydrogen-bond acceptors (Lipinski definition) is 12. The number of benzene rings is 5. The van der Waals surface area contributed by atoms with E-state index in [4.69, 9.17) is 56.4 Å². The van der Waals surface area contributed by atoms with Gasteiger partial charge in [-0.3, -0.25) is 9.59 Å². The first-order chi connectivity index (χ1) is 29.1. The normalized spacial score (nSPS) is 10.8. The molecule has 0 unspecified atom stereocenters. The van der Waals surface area contributed by atoms with Gasteiger partial charge in [0.15, 0.2) is 23.9 Å². The second-order valence-electron chi connectivity index (χ2n) is 12.8. The number of ether oxygens (including phenoxy) is 7. The molecule has 0 heterocycles. The lowest BCUT2D eigenvalue weighted by Crippen LogP contribution is -2.33. The van der Waals surface area contributed by atoms with Crippen LogP contribution < -0.4 is 14.8 Å². The summed E-state index contributed by atoms with van der Waals surface area (Å²) in [4.78, 5) is 64.8. The average Bonchev–Trinajstić information content (AvgIpc) is 3.27. The maximum atomic E-state index is 13.5. The van der Waals surface area contributed by atoms with E-state index in [0.29, 0.717) is 16.7 Å². The van der Waals surface area contributed by atoms with Crippen molar-refractivity contribution in [2.75, 3.05) is 47.3 Å². The second kappa shape index (κ2) is 22.8. The van der Waals surface area contributed by atoms with Crippen molar-refractivity contribution < 1.29 is 57.1 Å². The summed E-state index contributed by atoms with van der Waals surface area (Å²) in [7, 11) is 2.70. The summed E-state index contributed by atoms with van der Waals surface area (Å²) >= 11 is 13.4. The van der Waals surface area contributed by atoms with E-state index in [1.54, 1.807) is 54.6 Å². The lowest BCUT2D eigenvalue weighted by Gasteiger charge is -2.23. The fraction of sp³-hybridized carbons (Fsp3) is 0.222. The van der Waals surface area contributed by atoms with Crippen LogP contribution in [0.25, 0.3) is 0 Å². The van der Waals surface area contributed by atoms with Gasteiger partial charge in [0.1, 0.15) is 37.6 Å². The molecule has 0 aliphatic heterocycles. The van der Waals surface area contributed by atoms with Crippen molar-refractivity contribution in [2.45, 2.75) is 19.3 Å². The summed E-state index contributed by atoms with van der Waals surface area (Å²) in [5, 5.41) is 2.92. The number of amides is 1. The molecule has 0 aliphatic carbocycles. The average molecular weight is 859 g/mol. The van der Waals surface area contributed by atoms with E-state index in [-0.39, 0.29) is 64.9 Å². The quantitative estimate of drug-likeness (QED) is 0.0338. The van der Waals surface area contributed by atoms with Crippen LogP contribution in [-0.2, 0) is 46.5 Å². The minimum absolute atomic E-state index is 0.0272. The van der Waals surface area contributed by atoms with E-state index >= 15 is 0 Å². The Morgan fingerprint density at radius 1 is 0.567 bits per heavy atom. The molecule has 0 saturated heterocycles. The molecule has 0 aliphatic rings. The van der Waals surface area contributed by atoms with Crippen molar-refractivity contribution in [1.82, 2.24) is 5.32 Å². The van der Waals surface area contributed by atoms with Crippen LogP contribution in [0.15, 0.2) is 115 Å². The van der Waals surface area contributed by atoms with Gasteiger partial charge in [0.25, 0.3) is 0 Å². The number of hydrogen-bond donors (Lipinski definition) is 1. The van der Waals surface area contributed by atoms with Gasteiger partial charge in [-0.25, -0.2) is 14.4 Å². The minimum Gasteiger partial charge on any atom is -0.494 e. The van der Waals surface area contributed by atoms with Crippen LogP contribution in [0.3, 0.4) is 0 Å². The maximum absolute atomic E-state index is 13.5. The maximum Gasteiger partial charge on any atom is 0.342 e. The summed E-state index contributed by atoms with van der Waals surface area (Å²) in [5.74, 6) is -3.16. The van der Waals surface area contributed by atoms with Crippen LogP contribution in [0.1, 0.15) is 59.4 Å². The standard InChI is InChI=1S/C45H41Cl2NO12/c1-54-42-34(44(52)59-24-29-12-6-3-7-13-29)20-32(22-36(42)46)41(33-21-35(43(55-2)37(47)23-33)45(53)60-25-30-14-8-4-9-15-30)48-39(50)27-56-18-19-57-28-40(51)58-26-38(49)31-16-10-5-11-17-31/h3-17,20-23,41H,18-19,24-28H2,1-2H3,(H,48,50). The molecular weight excluding hydrogens is 817 g/mol. The molecular formula is C45H41Cl2NO12. The predicted octanol–water partition coefficient (Wildman–Crippen LogP) is 7.39. The van der Waals surface area contributed by atoms with Crippen LogP contribution in [0.5, 0.6) is 11.5 Å². The summed E-state index contributed by atoms with van der Waals surface area (Å²) in [6.45, 7) is -1.60. The van der Waals surface area contributed by atoms with E-state index in [1.165, 1.54) is 38.5 Å². The Kier molecular flexibility index (Phi) is 17.0. The van der Waals surface area contributed by atoms with E-state index in [2.05, 4.69) is 5.32 Å². The summed E-state index contributed by atoms with van der Waals surface area (Å²) in [6, 6.07) is 31.3. The minimum atomic E-state index is -1.10. The Labute approximate surface area is 356 Å². The van der Waals surface area contributed by atoms with Gasteiger partial charge in [0, 0.05) is 5.56 Å². The largest absolute Gasteiger partial charge is 0.494 e.